The normalized spacial score (nSPS) is 22.9. The lowest BCUT2D eigenvalue weighted by atomic mass is 9.82. The number of benzene rings is 1. The number of hydrogen-bond acceptors (Lipinski definition) is 3. The number of carbonyl (C=O) groups excluding carboxylic acids is 1. The molecule has 0 spiro atoms. The Bertz CT molecular complexity index is 513. The molecule has 1 aliphatic rings. The number of amides is 1. The second kappa shape index (κ2) is 6.27. The van der Waals surface area contributed by atoms with Crippen LogP contribution in [-0.2, 0) is 4.79 Å². The first-order chi connectivity index (χ1) is 9.80. The summed E-state index contributed by atoms with van der Waals surface area (Å²) in [5.74, 6) is -0.245. The van der Waals surface area contributed by atoms with Gasteiger partial charge >= 0.3 is 5.51 Å². The third kappa shape index (κ3) is 4.38. The van der Waals surface area contributed by atoms with Gasteiger partial charge < -0.3 is 10.6 Å². The Hall–Kier alpha value is -1.21. The van der Waals surface area contributed by atoms with Gasteiger partial charge in [-0.1, -0.05) is 12.1 Å². The van der Waals surface area contributed by atoms with Gasteiger partial charge in [0, 0.05) is 11.4 Å². The second-order valence-electron chi connectivity index (χ2n) is 5.34. The number of para-hydroxylation sites is 1. The van der Waals surface area contributed by atoms with Crippen molar-refractivity contribution in [2.45, 2.75) is 30.2 Å². The second-order valence-corrected chi connectivity index (χ2v) is 6.45. The highest BCUT2D eigenvalue weighted by Crippen LogP contribution is 2.40. The predicted molar refractivity (Wildman–Crippen MR) is 77.2 cm³/mol. The molecule has 0 radical (unpaired) electrons. The average molecular weight is 318 g/mol. The van der Waals surface area contributed by atoms with Crippen LogP contribution in [0.4, 0.5) is 18.9 Å². The highest BCUT2D eigenvalue weighted by molar-refractivity contribution is 8.00. The lowest BCUT2D eigenvalue weighted by Gasteiger charge is -2.32. The molecule has 1 aromatic carbocycles. The highest BCUT2D eigenvalue weighted by Gasteiger charge is 2.36. The number of alkyl halides is 3. The summed E-state index contributed by atoms with van der Waals surface area (Å²) in [7, 11) is 0. The number of nitrogens with one attached hydrogen (secondary N) is 2. The van der Waals surface area contributed by atoms with Gasteiger partial charge in [0.15, 0.2) is 0 Å². The summed E-state index contributed by atoms with van der Waals surface area (Å²) >= 11 is -0.215. The summed E-state index contributed by atoms with van der Waals surface area (Å²) in [5, 5.41) is 5.79. The van der Waals surface area contributed by atoms with Gasteiger partial charge in [0.2, 0.25) is 5.91 Å². The van der Waals surface area contributed by atoms with E-state index >= 15 is 0 Å². The SMILES string of the molecule is CC1(C(=O)Nc2ccccc2SC(F)(F)F)CCCNC1. The molecule has 0 aromatic heterocycles. The minimum Gasteiger partial charge on any atom is -0.325 e. The van der Waals surface area contributed by atoms with E-state index in [0.717, 1.165) is 19.4 Å². The van der Waals surface area contributed by atoms with Crippen LogP contribution in [0.3, 0.4) is 0 Å². The van der Waals surface area contributed by atoms with Crippen LogP contribution in [0.5, 0.6) is 0 Å². The third-order valence-corrected chi connectivity index (χ3v) is 4.31. The molecule has 0 bridgehead atoms. The van der Waals surface area contributed by atoms with Crippen molar-refractivity contribution in [1.29, 1.82) is 0 Å². The van der Waals surface area contributed by atoms with Crippen molar-refractivity contribution < 1.29 is 18.0 Å². The lowest BCUT2D eigenvalue weighted by molar-refractivity contribution is -0.125. The molecule has 7 heteroatoms. The summed E-state index contributed by atoms with van der Waals surface area (Å²) in [6.45, 7) is 3.23. The molecular weight excluding hydrogens is 301 g/mol. The average Bonchev–Trinajstić information content (AvgIpc) is 2.40. The van der Waals surface area contributed by atoms with Crippen LogP contribution in [0.25, 0.3) is 0 Å². The first-order valence-electron chi connectivity index (χ1n) is 6.67. The first-order valence-corrected chi connectivity index (χ1v) is 7.49. The van der Waals surface area contributed by atoms with Crippen molar-refractivity contribution in [3.63, 3.8) is 0 Å². The number of hydrogen-bond donors (Lipinski definition) is 2. The number of carbonyl (C=O) groups is 1. The van der Waals surface area contributed by atoms with E-state index in [9.17, 15) is 18.0 Å². The Morgan fingerprint density at radius 3 is 2.71 bits per heavy atom. The maximum absolute atomic E-state index is 12.5. The molecule has 0 saturated carbocycles. The largest absolute Gasteiger partial charge is 0.446 e. The van der Waals surface area contributed by atoms with E-state index in [4.69, 9.17) is 0 Å². The lowest BCUT2D eigenvalue weighted by Crippen LogP contribution is -2.46. The molecule has 116 valence electrons. The minimum atomic E-state index is -4.38. The van der Waals surface area contributed by atoms with Crippen LogP contribution in [0.2, 0.25) is 0 Å². The van der Waals surface area contributed by atoms with Gasteiger partial charge in [0.05, 0.1) is 11.1 Å². The van der Waals surface area contributed by atoms with Gasteiger partial charge in [-0.15, -0.1) is 0 Å². The van der Waals surface area contributed by atoms with E-state index in [1.807, 2.05) is 6.92 Å². The fourth-order valence-corrected chi connectivity index (χ4v) is 2.93. The van der Waals surface area contributed by atoms with Gasteiger partial charge in [0.25, 0.3) is 0 Å². The Balaban J connectivity index is 2.14. The van der Waals surface area contributed by atoms with Gasteiger partial charge in [0.1, 0.15) is 0 Å². The Morgan fingerprint density at radius 1 is 1.38 bits per heavy atom. The molecule has 1 unspecified atom stereocenters. The van der Waals surface area contributed by atoms with Crippen molar-refractivity contribution in [1.82, 2.24) is 5.32 Å². The van der Waals surface area contributed by atoms with Gasteiger partial charge in [-0.2, -0.15) is 13.2 Å². The maximum Gasteiger partial charge on any atom is 0.446 e. The Labute approximate surface area is 125 Å². The van der Waals surface area contributed by atoms with Crippen LogP contribution in [0.15, 0.2) is 29.2 Å². The van der Waals surface area contributed by atoms with Gasteiger partial charge in [-0.05, 0) is 50.2 Å². The molecule has 21 heavy (non-hydrogen) atoms. The molecule has 1 fully saturated rings. The molecule has 1 saturated heterocycles. The monoisotopic (exact) mass is 318 g/mol. The van der Waals surface area contributed by atoms with Gasteiger partial charge in [-0.3, -0.25) is 4.79 Å². The predicted octanol–water partition coefficient (Wildman–Crippen LogP) is 3.63. The van der Waals surface area contributed by atoms with E-state index in [0.29, 0.717) is 6.54 Å². The summed E-state index contributed by atoms with van der Waals surface area (Å²) in [6.07, 6.45) is 1.60. The molecule has 3 nitrogen and oxygen atoms in total. The third-order valence-electron chi connectivity index (χ3n) is 3.51. The first kappa shape index (κ1) is 16.2. The molecule has 1 aromatic rings. The summed E-state index contributed by atoms with van der Waals surface area (Å²) in [4.78, 5) is 12.4. The summed E-state index contributed by atoms with van der Waals surface area (Å²) < 4.78 is 37.6. The van der Waals surface area contributed by atoms with E-state index in [1.54, 1.807) is 6.07 Å². The van der Waals surface area contributed by atoms with Crippen LogP contribution >= 0.6 is 11.8 Å². The zero-order chi connectivity index (χ0) is 15.5. The number of rotatable bonds is 3. The topological polar surface area (TPSA) is 41.1 Å². The van der Waals surface area contributed by atoms with Crippen molar-refractivity contribution >= 4 is 23.4 Å². The van der Waals surface area contributed by atoms with Crippen LogP contribution in [-0.4, -0.2) is 24.5 Å². The standard InChI is InChI=1S/C14H17F3N2OS/c1-13(7-4-8-18-9-13)12(20)19-10-5-2-3-6-11(10)21-14(15,16)17/h2-3,5-6,18H,4,7-9H2,1H3,(H,19,20). The smallest absolute Gasteiger partial charge is 0.325 e. The Morgan fingerprint density at radius 2 is 2.10 bits per heavy atom. The maximum atomic E-state index is 12.5. The zero-order valence-corrected chi connectivity index (χ0v) is 12.4. The summed E-state index contributed by atoms with van der Waals surface area (Å²) in [6, 6.07) is 5.98. The van der Waals surface area contributed by atoms with Crippen molar-refractivity contribution in [3.05, 3.63) is 24.3 Å². The number of piperidine rings is 1. The molecule has 1 heterocycles. The summed E-state index contributed by atoms with van der Waals surface area (Å²) in [5.41, 5.74) is -4.76. The van der Waals surface area contributed by atoms with E-state index in [-0.39, 0.29) is 28.3 Å². The van der Waals surface area contributed by atoms with Crippen LogP contribution < -0.4 is 10.6 Å². The molecule has 1 aliphatic heterocycles. The van der Waals surface area contributed by atoms with Gasteiger partial charge in [-0.25, -0.2) is 0 Å². The van der Waals surface area contributed by atoms with E-state index < -0.39 is 10.9 Å². The van der Waals surface area contributed by atoms with E-state index in [1.165, 1.54) is 18.2 Å². The number of halogens is 3. The fraction of sp³-hybridized carbons (Fsp3) is 0.500. The van der Waals surface area contributed by atoms with Crippen molar-refractivity contribution in [2.24, 2.45) is 5.41 Å². The minimum absolute atomic E-state index is 0.00530. The van der Waals surface area contributed by atoms with Crippen LogP contribution in [0.1, 0.15) is 19.8 Å². The quantitative estimate of drug-likeness (QED) is 0.836. The van der Waals surface area contributed by atoms with Crippen LogP contribution in [0, 0.1) is 5.41 Å². The molecular formula is C14H17F3N2OS. The molecule has 2 N–H and O–H groups in total. The highest BCUT2D eigenvalue weighted by atomic mass is 32.2. The van der Waals surface area contributed by atoms with E-state index in [2.05, 4.69) is 10.6 Å². The molecule has 0 aliphatic carbocycles. The fourth-order valence-electron chi connectivity index (χ4n) is 2.31. The zero-order valence-electron chi connectivity index (χ0n) is 11.6. The molecule has 2 rings (SSSR count). The van der Waals surface area contributed by atoms with Crippen molar-refractivity contribution in [2.75, 3.05) is 18.4 Å². The molecule has 1 atom stereocenters. The Kier molecular flexibility index (Phi) is 4.83. The number of thioether (sulfide) groups is 1. The molecule has 1 amide bonds. The number of anilines is 1. The van der Waals surface area contributed by atoms with Crippen molar-refractivity contribution in [3.8, 4) is 0 Å².